The second-order valence-electron chi connectivity index (χ2n) is 5.23. The van der Waals surface area contributed by atoms with Crippen LogP contribution in [0.25, 0.3) is 10.9 Å². The lowest BCUT2D eigenvalue weighted by atomic mass is 10.1. The SMILES string of the molecule is C=C(C)Cc1ccc2[nH]c(C(=O)OCCCC)cc2c1. The molecule has 0 saturated carbocycles. The van der Waals surface area contributed by atoms with Crippen LogP contribution >= 0.6 is 0 Å². The highest BCUT2D eigenvalue weighted by atomic mass is 16.5. The predicted octanol–water partition coefficient (Wildman–Crippen LogP) is 4.24. The first-order valence-electron chi connectivity index (χ1n) is 7.03. The molecular weight excluding hydrogens is 250 g/mol. The molecule has 106 valence electrons. The second kappa shape index (κ2) is 6.42. The Bertz CT molecular complexity index is 625. The minimum Gasteiger partial charge on any atom is -0.461 e. The van der Waals surface area contributed by atoms with Crippen LogP contribution in [0.5, 0.6) is 0 Å². The number of hydrogen-bond donors (Lipinski definition) is 1. The fraction of sp³-hybridized carbons (Fsp3) is 0.353. The van der Waals surface area contributed by atoms with E-state index < -0.39 is 0 Å². The summed E-state index contributed by atoms with van der Waals surface area (Å²) in [5.41, 5.74) is 3.80. The molecule has 0 fully saturated rings. The van der Waals surface area contributed by atoms with Gasteiger partial charge in [0.05, 0.1) is 6.61 Å². The molecule has 3 nitrogen and oxygen atoms in total. The fourth-order valence-corrected chi connectivity index (χ4v) is 2.14. The molecule has 2 aromatic rings. The molecule has 0 saturated heterocycles. The molecule has 20 heavy (non-hydrogen) atoms. The smallest absolute Gasteiger partial charge is 0.354 e. The van der Waals surface area contributed by atoms with Crippen molar-refractivity contribution in [3.05, 3.63) is 47.7 Å². The molecule has 0 bridgehead atoms. The van der Waals surface area contributed by atoms with E-state index >= 15 is 0 Å². The van der Waals surface area contributed by atoms with Gasteiger partial charge in [-0.3, -0.25) is 0 Å². The standard InChI is InChI=1S/C17H21NO2/c1-4-5-8-20-17(19)16-11-14-10-13(9-12(2)3)6-7-15(14)18-16/h6-7,10-11,18H,2,4-5,8-9H2,1,3H3. The zero-order valence-electron chi connectivity index (χ0n) is 12.2. The van der Waals surface area contributed by atoms with Crippen LogP contribution in [0.15, 0.2) is 36.4 Å². The minimum absolute atomic E-state index is 0.281. The normalized spacial score (nSPS) is 10.7. The summed E-state index contributed by atoms with van der Waals surface area (Å²) in [6.45, 7) is 8.48. The van der Waals surface area contributed by atoms with Crippen LogP contribution in [0.1, 0.15) is 42.7 Å². The summed E-state index contributed by atoms with van der Waals surface area (Å²) in [6.07, 6.45) is 2.77. The number of unbranched alkanes of at least 4 members (excludes halogenated alkanes) is 1. The van der Waals surface area contributed by atoms with Gasteiger partial charge in [-0.2, -0.15) is 0 Å². The summed E-state index contributed by atoms with van der Waals surface area (Å²) in [6, 6.07) is 7.99. The number of hydrogen-bond acceptors (Lipinski definition) is 2. The van der Waals surface area contributed by atoms with Crippen LogP contribution < -0.4 is 0 Å². The number of esters is 1. The Kier molecular flexibility index (Phi) is 4.61. The van der Waals surface area contributed by atoms with Gasteiger partial charge in [-0.1, -0.05) is 31.6 Å². The zero-order valence-corrected chi connectivity index (χ0v) is 12.2. The number of ether oxygens (including phenoxy) is 1. The Morgan fingerprint density at radius 3 is 2.85 bits per heavy atom. The van der Waals surface area contributed by atoms with E-state index in [4.69, 9.17) is 4.74 Å². The molecule has 2 rings (SSSR count). The number of H-pyrrole nitrogens is 1. The highest BCUT2D eigenvalue weighted by Crippen LogP contribution is 2.19. The predicted molar refractivity (Wildman–Crippen MR) is 82.0 cm³/mol. The molecular formula is C17H21NO2. The Hall–Kier alpha value is -2.03. The molecule has 0 aliphatic heterocycles. The van der Waals surface area contributed by atoms with E-state index in [1.54, 1.807) is 0 Å². The number of rotatable bonds is 6. The van der Waals surface area contributed by atoms with Gasteiger partial charge in [-0.15, -0.1) is 0 Å². The van der Waals surface area contributed by atoms with Crippen molar-refractivity contribution in [3.8, 4) is 0 Å². The zero-order chi connectivity index (χ0) is 14.5. The molecule has 0 spiro atoms. The number of fused-ring (bicyclic) bond motifs is 1. The topological polar surface area (TPSA) is 42.1 Å². The van der Waals surface area contributed by atoms with Crippen LogP contribution in [-0.4, -0.2) is 17.6 Å². The highest BCUT2D eigenvalue weighted by molar-refractivity contribution is 5.95. The summed E-state index contributed by atoms with van der Waals surface area (Å²) in [7, 11) is 0. The van der Waals surface area contributed by atoms with Gasteiger partial charge in [0.2, 0.25) is 0 Å². The third-order valence-electron chi connectivity index (χ3n) is 3.14. The number of carbonyl (C=O) groups is 1. The van der Waals surface area contributed by atoms with Crippen LogP contribution in [0.2, 0.25) is 0 Å². The van der Waals surface area contributed by atoms with Crippen molar-refractivity contribution in [2.45, 2.75) is 33.1 Å². The lowest BCUT2D eigenvalue weighted by Gasteiger charge is -2.00. The molecule has 1 aromatic heterocycles. The number of aromatic amines is 1. The maximum Gasteiger partial charge on any atom is 0.354 e. The summed E-state index contributed by atoms with van der Waals surface area (Å²) in [5.74, 6) is -0.281. The monoisotopic (exact) mass is 271 g/mol. The summed E-state index contributed by atoms with van der Waals surface area (Å²) in [4.78, 5) is 15.0. The van der Waals surface area contributed by atoms with E-state index in [0.29, 0.717) is 12.3 Å². The maximum absolute atomic E-state index is 11.9. The van der Waals surface area contributed by atoms with Gasteiger partial charge in [0, 0.05) is 10.9 Å². The molecule has 0 unspecified atom stereocenters. The Balaban J connectivity index is 2.16. The molecule has 3 heteroatoms. The van der Waals surface area contributed by atoms with Crippen LogP contribution in [0.4, 0.5) is 0 Å². The number of carbonyl (C=O) groups excluding carboxylic acids is 1. The van der Waals surface area contributed by atoms with E-state index in [2.05, 4.69) is 30.6 Å². The van der Waals surface area contributed by atoms with Gasteiger partial charge >= 0.3 is 5.97 Å². The van der Waals surface area contributed by atoms with Crippen molar-refractivity contribution in [2.24, 2.45) is 0 Å². The number of allylic oxidation sites excluding steroid dienone is 1. The number of nitrogens with one attached hydrogen (secondary N) is 1. The molecule has 0 aliphatic carbocycles. The van der Waals surface area contributed by atoms with Crippen molar-refractivity contribution >= 4 is 16.9 Å². The molecule has 1 heterocycles. The lowest BCUT2D eigenvalue weighted by Crippen LogP contribution is -2.06. The van der Waals surface area contributed by atoms with Crippen molar-refractivity contribution in [3.63, 3.8) is 0 Å². The Morgan fingerprint density at radius 2 is 2.15 bits per heavy atom. The first-order chi connectivity index (χ1) is 9.60. The van der Waals surface area contributed by atoms with E-state index in [1.807, 2.05) is 19.1 Å². The van der Waals surface area contributed by atoms with E-state index in [9.17, 15) is 4.79 Å². The second-order valence-corrected chi connectivity index (χ2v) is 5.23. The number of benzene rings is 1. The average molecular weight is 271 g/mol. The lowest BCUT2D eigenvalue weighted by molar-refractivity contribution is 0.0494. The third kappa shape index (κ3) is 3.50. The third-order valence-corrected chi connectivity index (χ3v) is 3.14. The van der Waals surface area contributed by atoms with E-state index in [1.165, 1.54) is 5.56 Å². The molecule has 0 amide bonds. The van der Waals surface area contributed by atoms with Gasteiger partial charge in [-0.05, 0) is 43.5 Å². The Morgan fingerprint density at radius 1 is 1.35 bits per heavy atom. The molecule has 1 N–H and O–H groups in total. The fourth-order valence-electron chi connectivity index (χ4n) is 2.14. The van der Waals surface area contributed by atoms with Gasteiger partial charge in [0.15, 0.2) is 0 Å². The van der Waals surface area contributed by atoms with Crippen molar-refractivity contribution in [1.82, 2.24) is 4.98 Å². The van der Waals surface area contributed by atoms with Crippen LogP contribution in [0.3, 0.4) is 0 Å². The summed E-state index contributed by atoms with van der Waals surface area (Å²) >= 11 is 0. The van der Waals surface area contributed by atoms with E-state index in [0.717, 1.165) is 35.7 Å². The van der Waals surface area contributed by atoms with Gasteiger partial charge in [-0.25, -0.2) is 4.79 Å². The largest absolute Gasteiger partial charge is 0.461 e. The molecule has 0 aliphatic rings. The van der Waals surface area contributed by atoms with Crippen molar-refractivity contribution in [2.75, 3.05) is 6.61 Å². The Labute approximate surface area is 119 Å². The van der Waals surface area contributed by atoms with Gasteiger partial charge < -0.3 is 9.72 Å². The molecule has 0 atom stereocenters. The quantitative estimate of drug-likeness (QED) is 0.485. The maximum atomic E-state index is 11.9. The van der Waals surface area contributed by atoms with Crippen molar-refractivity contribution < 1.29 is 9.53 Å². The van der Waals surface area contributed by atoms with Gasteiger partial charge in [0.25, 0.3) is 0 Å². The van der Waals surface area contributed by atoms with Crippen LogP contribution in [0, 0.1) is 0 Å². The molecule has 0 radical (unpaired) electrons. The van der Waals surface area contributed by atoms with Crippen LogP contribution in [-0.2, 0) is 11.2 Å². The summed E-state index contributed by atoms with van der Waals surface area (Å²) in [5, 5.41) is 1.03. The first kappa shape index (κ1) is 14.4. The summed E-state index contributed by atoms with van der Waals surface area (Å²) < 4.78 is 5.21. The first-order valence-corrected chi connectivity index (χ1v) is 7.03. The van der Waals surface area contributed by atoms with Gasteiger partial charge in [0.1, 0.15) is 5.69 Å². The number of aromatic nitrogens is 1. The molecule has 1 aromatic carbocycles. The highest BCUT2D eigenvalue weighted by Gasteiger charge is 2.11. The van der Waals surface area contributed by atoms with Crippen molar-refractivity contribution in [1.29, 1.82) is 0 Å². The van der Waals surface area contributed by atoms with E-state index in [-0.39, 0.29) is 5.97 Å². The average Bonchev–Trinajstić information content (AvgIpc) is 2.81. The minimum atomic E-state index is -0.281.